The Morgan fingerprint density at radius 1 is 1.15 bits per heavy atom. The van der Waals surface area contributed by atoms with Gasteiger partial charge in [0.2, 0.25) is 0 Å². The molecule has 0 aromatic heterocycles. The molecule has 0 amide bonds. The van der Waals surface area contributed by atoms with Gasteiger partial charge in [-0.2, -0.15) is 0 Å². The molecular formula is C12H18O. The van der Waals surface area contributed by atoms with E-state index in [0.717, 1.165) is 25.7 Å². The zero-order valence-electron chi connectivity index (χ0n) is 8.17. The highest BCUT2D eigenvalue weighted by Gasteiger charge is 2.42. The minimum atomic E-state index is 0.0111. The van der Waals surface area contributed by atoms with Crippen LogP contribution < -0.4 is 0 Å². The number of hydrogen-bond acceptors (Lipinski definition) is 1. The van der Waals surface area contributed by atoms with E-state index >= 15 is 0 Å². The van der Waals surface area contributed by atoms with E-state index in [1.165, 1.54) is 0 Å². The van der Waals surface area contributed by atoms with Gasteiger partial charge in [0.25, 0.3) is 0 Å². The lowest BCUT2D eigenvalue weighted by molar-refractivity contribution is -0.199. The first-order chi connectivity index (χ1) is 6.26. The van der Waals surface area contributed by atoms with Crippen LogP contribution in [0.5, 0.6) is 0 Å². The van der Waals surface area contributed by atoms with Gasteiger partial charge in [0.1, 0.15) is 0 Å². The van der Waals surface area contributed by atoms with E-state index < -0.39 is 0 Å². The van der Waals surface area contributed by atoms with Crippen molar-refractivity contribution in [3.05, 3.63) is 38.0 Å². The molecule has 0 aromatic carbocycles. The second kappa shape index (κ2) is 4.43. The summed E-state index contributed by atoms with van der Waals surface area (Å²) in [4.78, 5) is 0. The highest BCUT2D eigenvalue weighted by molar-refractivity contribution is 5.02. The molecule has 1 atom stereocenters. The molecule has 0 spiro atoms. The van der Waals surface area contributed by atoms with E-state index in [9.17, 15) is 0 Å². The normalized spacial score (nSPS) is 24.5. The Bertz CT molecular complexity index is 187. The predicted octanol–water partition coefficient (Wildman–Crippen LogP) is 3.24. The molecule has 72 valence electrons. The molecule has 1 fully saturated rings. The van der Waals surface area contributed by atoms with E-state index in [0.29, 0.717) is 6.10 Å². The Morgan fingerprint density at radius 3 is 2.08 bits per heavy atom. The Morgan fingerprint density at radius 2 is 1.69 bits per heavy atom. The van der Waals surface area contributed by atoms with Gasteiger partial charge < -0.3 is 4.74 Å². The molecule has 0 bridgehead atoms. The van der Waals surface area contributed by atoms with Crippen LogP contribution in [0.25, 0.3) is 0 Å². The summed E-state index contributed by atoms with van der Waals surface area (Å²) in [5.74, 6) is 0. The lowest BCUT2D eigenvalue weighted by Crippen LogP contribution is -2.49. The van der Waals surface area contributed by atoms with Crippen molar-refractivity contribution in [3.63, 3.8) is 0 Å². The van der Waals surface area contributed by atoms with Crippen molar-refractivity contribution in [3.8, 4) is 0 Å². The third kappa shape index (κ3) is 2.31. The first-order valence-corrected chi connectivity index (χ1v) is 4.77. The third-order valence-corrected chi connectivity index (χ3v) is 2.48. The fourth-order valence-corrected chi connectivity index (χ4v) is 1.95. The van der Waals surface area contributed by atoms with Crippen LogP contribution in [0.3, 0.4) is 0 Å². The van der Waals surface area contributed by atoms with E-state index in [2.05, 4.69) is 19.7 Å². The maximum Gasteiger partial charge on any atom is 0.0779 e. The van der Waals surface area contributed by atoms with Gasteiger partial charge in [-0.25, -0.2) is 0 Å². The van der Waals surface area contributed by atoms with Crippen molar-refractivity contribution >= 4 is 0 Å². The van der Waals surface area contributed by atoms with E-state index in [4.69, 9.17) is 4.74 Å². The summed E-state index contributed by atoms with van der Waals surface area (Å²) < 4.78 is 5.83. The van der Waals surface area contributed by atoms with Crippen LogP contribution in [0, 0.1) is 0 Å². The van der Waals surface area contributed by atoms with Gasteiger partial charge >= 0.3 is 0 Å². The second-order valence-electron chi connectivity index (χ2n) is 3.64. The molecule has 0 radical (unpaired) electrons. The molecule has 0 aromatic rings. The summed E-state index contributed by atoms with van der Waals surface area (Å²) in [6.07, 6.45) is 10.0. The molecule has 1 heteroatoms. The Kier molecular flexibility index (Phi) is 3.49. The number of ether oxygens (including phenoxy) is 1. The van der Waals surface area contributed by atoms with Gasteiger partial charge in [0.15, 0.2) is 0 Å². The molecule has 0 N–H and O–H groups in total. The Hall–Kier alpha value is -0.820. The second-order valence-corrected chi connectivity index (χ2v) is 3.64. The zero-order chi connectivity index (χ0) is 9.73. The predicted molar refractivity (Wildman–Crippen MR) is 56.7 cm³/mol. The lowest BCUT2D eigenvalue weighted by atomic mass is 9.82. The highest BCUT2D eigenvalue weighted by atomic mass is 16.5. The molecule has 1 aliphatic rings. The van der Waals surface area contributed by atoms with Crippen LogP contribution in [-0.4, -0.2) is 11.7 Å². The van der Waals surface area contributed by atoms with Gasteiger partial charge in [-0.1, -0.05) is 18.2 Å². The number of hydrogen-bond donors (Lipinski definition) is 0. The van der Waals surface area contributed by atoms with E-state index in [1.807, 2.05) is 18.2 Å². The van der Waals surface area contributed by atoms with Crippen LogP contribution in [0.1, 0.15) is 25.7 Å². The molecular weight excluding hydrogens is 160 g/mol. The molecule has 0 saturated carbocycles. The van der Waals surface area contributed by atoms with Crippen molar-refractivity contribution in [1.82, 2.24) is 0 Å². The van der Waals surface area contributed by atoms with Gasteiger partial charge in [-0.3, -0.25) is 0 Å². The van der Waals surface area contributed by atoms with Gasteiger partial charge in [0, 0.05) is 6.42 Å². The number of rotatable bonds is 6. The van der Waals surface area contributed by atoms with E-state index in [1.54, 1.807) is 0 Å². The smallest absolute Gasteiger partial charge is 0.0779 e. The van der Waals surface area contributed by atoms with Crippen molar-refractivity contribution in [2.75, 3.05) is 0 Å². The van der Waals surface area contributed by atoms with Crippen molar-refractivity contribution < 1.29 is 4.74 Å². The standard InChI is InChI=1S/C12H18O/c1-4-7-11-10-12(13-11,8-5-2)9-6-3/h4-6,11H,1-3,7-10H2. The third-order valence-electron chi connectivity index (χ3n) is 2.48. The summed E-state index contributed by atoms with van der Waals surface area (Å²) >= 11 is 0. The van der Waals surface area contributed by atoms with Crippen molar-refractivity contribution in [2.45, 2.75) is 37.4 Å². The lowest BCUT2D eigenvalue weighted by Gasteiger charge is -2.47. The van der Waals surface area contributed by atoms with E-state index in [-0.39, 0.29) is 5.60 Å². The fraction of sp³-hybridized carbons (Fsp3) is 0.500. The molecule has 1 saturated heterocycles. The summed E-state index contributed by atoms with van der Waals surface area (Å²) in [5, 5.41) is 0. The Labute approximate surface area is 80.8 Å². The molecule has 1 heterocycles. The SMILES string of the molecule is C=CCC1CC(CC=C)(CC=C)O1. The molecule has 0 aliphatic carbocycles. The quantitative estimate of drug-likeness (QED) is 0.567. The molecule has 1 nitrogen and oxygen atoms in total. The van der Waals surface area contributed by atoms with Gasteiger partial charge in [-0.05, 0) is 19.3 Å². The van der Waals surface area contributed by atoms with Crippen LogP contribution in [-0.2, 0) is 4.74 Å². The maximum atomic E-state index is 5.83. The van der Waals surface area contributed by atoms with Crippen LogP contribution in [0.15, 0.2) is 38.0 Å². The molecule has 1 unspecified atom stereocenters. The maximum absolute atomic E-state index is 5.83. The minimum Gasteiger partial charge on any atom is -0.371 e. The highest BCUT2D eigenvalue weighted by Crippen LogP contribution is 2.40. The van der Waals surface area contributed by atoms with Crippen molar-refractivity contribution in [2.24, 2.45) is 0 Å². The summed E-state index contributed by atoms with van der Waals surface area (Å²) in [5.41, 5.74) is 0.0111. The molecule has 1 aliphatic heterocycles. The summed E-state index contributed by atoms with van der Waals surface area (Å²) in [6, 6.07) is 0. The fourth-order valence-electron chi connectivity index (χ4n) is 1.95. The summed E-state index contributed by atoms with van der Waals surface area (Å²) in [6.45, 7) is 11.2. The zero-order valence-corrected chi connectivity index (χ0v) is 8.17. The monoisotopic (exact) mass is 178 g/mol. The topological polar surface area (TPSA) is 9.23 Å². The average molecular weight is 178 g/mol. The first-order valence-electron chi connectivity index (χ1n) is 4.77. The van der Waals surface area contributed by atoms with Crippen LogP contribution in [0.4, 0.5) is 0 Å². The first kappa shape index (κ1) is 10.3. The Balaban J connectivity index is 2.41. The van der Waals surface area contributed by atoms with Crippen molar-refractivity contribution in [1.29, 1.82) is 0 Å². The average Bonchev–Trinajstić information content (AvgIpc) is 2.03. The molecule has 1 rings (SSSR count). The minimum absolute atomic E-state index is 0.0111. The van der Waals surface area contributed by atoms with Crippen LogP contribution in [0.2, 0.25) is 0 Å². The van der Waals surface area contributed by atoms with Crippen LogP contribution >= 0.6 is 0 Å². The summed E-state index contributed by atoms with van der Waals surface area (Å²) in [7, 11) is 0. The molecule has 13 heavy (non-hydrogen) atoms. The largest absolute Gasteiger partial charge is 0.371 e. The van der Waals surface area contributed by atoms with Gasteiger partial charge in [0.05, 0.1) is 11.7 Å². The van der Waals surface area contributed by atoms with Gasteiger partial charge in [-0.15, -0.1) is 19.7 Å².